The van der Waals surface area contributed by atoms with E-state index < -0.39 is 5.54 Å². The molecule has 0 spiro atoms. The van der Waals surface area contributed by atoms with E-state index in [2.05, 4.69) is 33.2 Å². The largest absolute Gasteiger partial charge is 0.391 e. The SMILES string of the molecule is CN1CCC(NC(=O)Cc2ccc(Br)cc2)(C(N)=S)CC1. The topological polar surface area (TPSA) is 58.4 Å². The van der Waals surface area contributed by atoms with Gasteiger partial charge in [0, 0.05) is 17.6 Å². The second kappa shape index (κ2) is 6.85. The Kier molecular flexibility index (Phi) is 5.35. The van der Waals surface area contributed by atoms with Crippen molar-refractivity contribution >= 4 is 39.0 Å². The summed E-state index contributed by atoms with van der Waals surface area (Å²) in [5.41, 5.74) is 6.34. The fraction of sp³-hybridized carbons (Fsp3) is 0.467. The highest BCUT2D eigenvalue weighted by Gasteiger charge is 2.37. The summed E-state index contributed by atoms with van der Waals surface area (Å²) in [7, 11) is 2.06. The normalized spacial score (nSPS) is 18.2. The molecule has 6 heteroatoms. The third-order valence-electron chi connectivity index (χ3n) is 3.97. The Morgan fingerprint density at radius 2 is 1.95 bits per heavy atom. The van der Waals surface area contributed by atoms with Crippen molar-refractivity contribution in [1.29, 1.82) is 0 Å². The molecule has 0 aliphatic carbocycles. The molecule has 0 aromatic heterocycles. The summed E-state index contributed by atoms with van der Waals surface area (Å²) < 4.78 is 1.00. The number of nitrogens with two attached hydrogens (primary N) is 1. The van der Waals surface area contributed by atoms with Gasteiger partial charge in [0.05, 0.1) is 16.9 Å². The molecule has 1 saturated heterocycles. The van der Waals surface area contributed by atoms with Gasteiger partial charge >= 0.3 is 0 Å². The van der Waals surface area contributed by atoms with Crippen LogP contribution in [-0.2, 0) is 11.2 Å². The summed E-state index contributed by atoms with van der Waals surface area (Å²) in [6.07, 6.45) is 1.88. The lowest BCUT2D eigenvalue weighted by molar-refractivity contribution is -0.122. The second-order valence-electron chi connectivity index (χ2n) is 5.60. The van der Waals surface area contributed by atoms with Crippen LogP contribution in [0.4, 0.5) is 0 Å². The Balaban J connectivity index is 2.02. The molecule has 1 aromatic rings. The smallest absolute Gasteiger partial charge is 0.225 e. The Bertz CT molecular complexity index is 524. The number of hydrogen-bond donors (Lipinski definition) is 2. The van der Waals surface area contributed by atoms with Crippen LogP contribution >= 0.6 is 28.1 Å². The number of amides is 1. The minimum atomic E-state index is -0.533. The van der Waals surface area contributed by atoms with Gasteiger partial charge in [-0.15, -0.1) is 0 Å². The number of carbonyl (C=O) groups excluding carboxylic acids is 1. The van der Waals surface area contributed by atoms with Crippen LogP contribution in [-0.4, -0.2) is 41.5 Å². The molecule has 3 N–H and O–H groups in total. The highest BCUT2D eigenvalue weighted by atomic mass is 79.9. The van der Waals surface area contributed by atoms with Gasteiger partial charge < -0.3 is 16.0 Å². The molecule has 2 rings (SSSR count). The van der Waals surface area contributed by atoms with Crippen LogP contribution in [0.3, 0.4) is 0 Å². The van der Waals surface area contributed by atoms with Crippen molar-refractivity contribution in [2.75, 3.05) is 20.1 Å². The highest BCUT2D eigenvalue weighted by molar-refractivity contribution is 9.10. The first-order valence-electron chi connectivity index (χ1n) is 6.95. The fourth-order valence-corrected chi connectivity index (χ4v) is 3.05. The summed E-state index contributed by atoms with van der Waals surface area (Å²) in [5, 5.41) is 3.07. The van der Waals surface area contributed by atoms with Crippen LogP contribution in [0.1, 0.15) is 18.4 Å². The molecule has 1 aromatic carbocycles. The van der Waals surface area contributed by atoms with Crippen molar-refractivity contribution in [3.05, 3.63) is 34.3 Å². The van der Waals surface area contributed by atoms with Gasteiger partial charge in [0.2, 0.25) is 5.91 Å². The zero-order valence-corrected chi connectivity index (χ0v) is 14.5. The van der Waals surface area contributed by atoms with E-state index in [0.717, 1.165) is 36.0 Å². The second-order valence-corrected chi connectivity index (χ2v) is 6.96. The van der Waals surface area contributed by atoms with Crippen LogP contribution in [0.15, 0.2) is 28.7 Å². The number of likely N-dealkylation sites (tertiary alicyclic amines) is 1. The maximum absolute atomic E-state index is 12.3. The standard InChI is InChI=1S/C15H20BrN3OS/c1-19-8-6-15(7-9-19,14(17)21)18-13(20)10-11-2-4-12(16)5-3-11/h2-5H,6-10H2,1H3,(H2,17,21)(H,18,20). The quantitative estimate of drug-likeness (QED) is 0.795. The van der Waals surface area contributed by atoms with Gasteiger partial charge in [-0.25, -0.2) is 0 Å². The van der Waals surface area contributed by atoms with Crippen molar-refractivity contribution < 1.29 is 4.79 Å². The molecule has 1 aliphatic heterocycles. The summed E-state index contributed by atoms with van der Waals surface area (Å²) >= 11 is 8.59. The van der Waals surface area contributed by atoms with Gasteiger partial charge in [-0.1, -0.05) is 40.3 Å². The van der Waals surface area contributed by atoms with E-state index in [9.17, 15) is 4.79 Å². The summed E-state index contributed by atoms with van der Waals surface area (Å²) in [6, 6.07) is 7.74. The average Bonchev–Trinajstić information content (AvgIpc) is 2.44. The predicted octanol–water partition coefficient (Wildman–Crippen LogP) is 1.86. The van der Waals surface area contributed by atoms with Crippen LogP contribution in [0.2, 0.25) is 0 Å². The molecule has 21 heavy (non-hydrogen) atoms. The maximum atomic E-state index is 12.3. The minimum Gasteiger partial charge on any atom is -0.391 e. The molecule has 0 bridgehead atoms. The molecule has 114 valence electrons. The first kappa shape index (κ1) is 16.4. The van der Waals surface area contributed by atoms with Crippen LogP contribution in [0, 0.1) is 0 Å². The van der Waals surface area contributed by atoms with E-state index in [-0.39, 0.29) is 5.91 Å². The number of hydrogen-bond acceptors (Lipinski definition) is 3. The Morgan fingerprint density at radius 3 is 2.48 bits per heavy atom. The molecule has 1 amide bonds. The molecule has 1 fully saturated rings. The van der Waals surface area contributed by atoms with E-state index in [1.54, 1.807) is 0 Å². The van der Waals surface area contributed by atoms with Gasteiger partial charge in [0.25, 0.3) is 0 Å². The van der Waals surface area contributed by atoms with Gasteiger partial charge in [-0.2, -0.15) is 0 Å². The monoisotopic (exact) mass is 369 g/mol. The van der Waals surface area contributed by atoms with Crippen molar-refractivity contribution in [3.8, 4) is 0 Å². The molecule has 1 aliphatic rings. The zero-order chi connectivity index (χ0) is 15.5. The lowest BCUT2D eigenvalue weighted by atomic mass is 9.87. The third-order valence-corrected chi connectivity index (χ3v) is 4.89. The van der Waals surface area contributed by atoms with Gasteiger partial charge in [-0.3, -0.25) is 4.79 Å². The lowest BCUT2D eigenvalue weighted by Gasteiger charge is -2.40. The van der Waals surface area contributed by atoms with Gasteiger partial charge in [-0.05, 0) is 37.6 Å². The molecule has 0 saturated carbocycles. The number of nitrogens with one attached hydrogen (secondary N) is 1. The number of benzene rings is 1. The third kappa shape index (κ3) is 4.25. The van der Waals surface area contributed by atoms with E-state index in [4.69, 9.17) is 18.0 Å². The summed E-state index contributed by atoms with van der Waals surface area (Å²) in [6.45, 7) is 1.77. The summed E-state index contributed by atoms with van der Waals surface area (Å²) in [5.74, 6) is -0.0327. The predicted molar refractivity (Wildman–Crippen MR) is 92.2 cm³/mol. The summed E-state index contributed by atoms with van der Waals surface area (Å²) in [4.78, 5) is 14.9. The van der Waals surface area contributed by atoms with Gasteiger partial charge in [0.1, 0.15) is 0 Å². The molecule has 0 radical (unpaired) electrons. The number of carbonyl (C=O) groups is 1. The number of halogens is 1. The van der Waals surface area contributed by atoms with Crippen LogP contribution in [0.25, 0.3) is 0 Å². The van der Waals surface area contributed by atoms with Gasteiger partial charge in [0.15, 0.2) is 0 Å². The first-order valence-corrected chi connectivity index (χ1v) is 8.15. The van der Waals surface area contributed by atoms with E-state index in [1.165, 1.54) is 0 Å². The minimum absolute atomic E-state index is 0.0327. The molecule has 0 atom stereocenters. The van der Waals surface area contributed by atoms with Crippen LogP contribution in [0.5, 0.6) is 0 Å². The molecule has 4 nitrogen and oxygen atoms in total. The Hall–Kier alpha value is -0.980. The van der Waals surface area contributed by atoms with E-state index in [0.29, 0.717) is 11.4 Å². The van der Waals surface area contributed by atoms with E-state index in [1.807, 2.05) is 24.3 Å². The average molecular weight is 370 g/mol. The Morgan fingerprint density at radius 1 is 1.38 bits per heavy atom. The number of nitrogens with zero attached hydrogens (tertiary/aromatic N) is 1. The van der Waals surface area contributed by atoms with Crippen LogP contribution < -0.4 is 11.1 Å². The van der Waals surface area contributed by atoms with Crippen molar-refractivity contribution in [2.24, 2.45) is 5.73 Å². The molecule has 0 unspecified atom stereocenters. The van der Waals surface area contributed by atoms with E-state index >= 15 is 0 Å². The Labute approximate surface area is 139 Å². The molecule has 1 heterocycles. The van der Waals surface area contributed by atoms with Crippen molar-refractivity contribution in [1.82, 2.24) is 10.2 Å². The molecular weight excluding hydrogens is 350 g/mol. The zero-order valence-electron chi connectivity index (χ0n) is 12.1. The lowest BCUT2D eigenvalue weighted by Crippen LogP contribution is -2.61. The fourth-order valence-electron chi connectivity index (χ4n) is 2.53. The molecular formula is C15H20BrN3OS. The first-order chi connectivity index (χ1) is 9.91. The number of thiocarbonyl (C=S) groups is 1. The number of rotatable bonds is 4. The maximum Gasteiger partial charge on any atom is 0.225 e. The number of piperidine rings is 1. The highest BCUT2D eigenvalue weighted by Crippen LogP contribution is 2.22. The van der Waals surface area contributed by atoms with Crippen molar-refractivity contribution in [3.63, 3.8) is 0 Å². The van der Waals surface area contributed by atoms with Crippen molar-refractivity contribution in [2.45, 2.75) is 24.8 Å².